The molecule has 0 aliphatic rings. The van der Waals surface area contributed by atoms with Crippen molar-refractivity contribution in [2.75, 3.05) is 6.61 Å². The standard InChI is InChI=1S/C27H37N3O5/c1-5-6-18-34-25(32)23(19-21-14-16-28-17-15-21)29-24(31)22(30-26(33)35-27(2,3)4)13-12-20-10-8-7-9-11-20/h7-11,14-17,22-23H,5-6,12-13,18-19H2,1-4H3,(H,29,31)(H,30,33)/t22-,23-/m0/s1. The van der Waals surface area contributed by atoms with Crippen LogP contribution in [0.2, 0.25) is 0 Å². The molecule has 2 rings (SSSR count). The molecule has 2 atom stereocenters. The van der Waals surface area contributed by atoms with E-state index < -0.39 is 35.7 Å². The number of carbonyl (C=O) groups is 3. The maximum absolute atomic E-state index is 13.3. The van der Waals surface area contributed by atoms with Gasteiger partial charge in [0.2, 0.25) is 5.91 Å². The fourth-order valence-corrected chi connectivity index (χ4v) is 3.31. The third kappa shape index (κ3) is 11.0. The number of aromatic nitrogens is 1. The van der Waals surface area contributed by atoms with E-state index in [0.717, 1.165) is 24.0 Å². The van der Waals surface area contributed by atoms with Gasteiger partial charge in [-0.05, 0) is 63.3 Å². The molecule has 0 saturated heterocycles. The number of hydrogen-bond acceptors (Lipinski definition) is 6. The SMILES string of the molecule is CCCCOC(=O)[C@H](Cc1ccncc1)NC(=O)[C@H](CCc1ccccc1)NC(=O)OC(C)(C)C. The van der Waals surface area contributed by atoms with Crippen LogP contribution in [0.15, 0.2) is 54.9 Å². The number of ether oxygens (including phenoxy) is 2. The third-order valence-electron chi connectivity index (χ3n) is 5.10. The second-order valence-electron chi connectivity index (χ2n) is 9.36. The lowest BCUT2D eigenvalue weighted by molar-refractivity contribution is -0.148. The van der Waals surface area contributed by atoms with Crippen LogP contribution in [0.3, 0.4) is 0 Å². The van der Waals surface area contributed by atoms with Crippen LogP contribution in [0.4, 0.5) is 4.79 Å². The number of nitrogens with one attached hydrogen (secondary N) is 2. The molecule has 0 fully saturated rings. The van der Waals surface area contributed by atoms with Crippen molar-refractivity contribution >= 4 is 18.0 Å². The van der Waals surface area contributed by atoms with Gasteiger partial charge < -0.3 is 20.1 Å². The lowest BCUT2D eigenvalue weighted by Crippen LogP contribution is -2.53. The fourth-order valence-electron chi connectivity index (χ4n) is 3.31. The predicted octanol–water partition coefficient (Wildman–Crippen LogP) is 3.98. The van der Waals surface area contributed by atoms with Gasteiger partial charge in [-0.3, -0.25) is 9.78 Å². The van der Waals surface area contributed by atoms with E-state index in [4.69, 9.17) is 9.47 Å². The zero-order valence-corrected chi connectivity index (χ0v) is 21.1. The van der Waals surface area contributed by atoms with E-state index in [9.17, 15) is 14.4 Å². The molecule has 0 spiro atoms. The van der Waals surface area contributed by atoms with Gasteiger partial charge in [-0.2, -0.15) is 0 Å². The molecule has 0 aliphatic heterocycles. The van der Waals surface area contributed by atoms with Crippen LogP contribution in [0.25, 0.3) is 0 Å². The molecule has 8 heteroatoms. The van der Waals surface area contributed by atoms with Crippen LogP contribution in [-0.2, 0) is 31.9 Å². The van der Waals surface area contributed by atoms with E-state index in [0.29, 0.717) is 12.8 Å². The van der Waals surface area contributed by atoms with E-state index >= 15 is 0 Å². The van der Waals surface area contributed by atoms with Crippen molar-refractivity contribution < 1.29 is 23.9 Å². The van der Waals surface area contributed by atoms with Crippen molar-refractivity contribution in [1.82, 2.24) is 15.6 Å². The lowest BCUT2D eigenvalue weighted by Gasteiger charge is -2.25. The normalized spacial score (nSPS) is 12.8. The first-order chi connectivity index (χ1) is 16.7. The molecule has 2 N–H and O–H groups in total. The highest BCUT2D eigenvalue weighted by Crippen LogP contribution is 2.11. The highest BCUT2D eigenvalue weighted by atomic mass is 16.6. The Labute approximate surface area is 207 Å². The van der Waals surface area contributed by atoms with E-state index in [1.165, 1.54) is 0 Å². The number of esters is 1. The van der Waals surface area contributed by atoms with Crippen LogP contribution in [0, 0.1) is 0 Å². The second-order valence-corrected chi connectivity index (χ2v) is 9.36. The number of carbonyl (C=O) groups excluding carboxylic acids is 3. The number of hydrogen-bond donors (Lipinski definition) is 2. The predicted molar refractivity (Wildman–Crippen MR) is 134 cm³/mol. The van der Waals surface area contributed by atoms with Gasteiger partial charge in [0.25, 0.3) is 0 Å². The monoisotopic (exact) mass is 483 g/mol. The molecule has 2 amide bonds. The molecule has 8 nitrogen and oxygen atoms in total. The maximum Gasteiger partial charge on any atom is 0.408 e. The van der Waals surface area contributed by atoms with Crippen molar-refractivity contribution in [3.05, 3.63) is 66.0 Å². The number of aryl methyl sites for hydroxylation is 1. The Balaban J connectivity index is 2.16. The molecule has 2 aromatic rings. The summed E-state index contributed by atoms with van der Waals surface area (Å²) in [5.41, 5.74) is 1.15. The molecule has 0 unspecified atom stereocenters. The summed E-state index contributed by atoms with van der Waals surface area (Å²) in [6.45, 7) is 7.55. The molecular formula is C27H37N3O5. The van der Waals surface area contributed by atoms with E-state index in [1.807, 2.05) is 37.3 Å². The van der Waals surface area contributed by atoms with E-state index in [1.54, 1.807) is 45.3 Å². The Morgan fingerprint density at radius 3 is 2.26 bits per heavy atom. The molecule has 0 aliphatic carbocycles. The number of benzene rings is 1. The summed E-state index contributed by atoms with van der Waals surface area (Å²) in [5.74, 6) is -0.985. The highest BCUT2D eigenvalue weighted by molar-refractivity contribution is 5.89. The summed E-state index contributed by atoms with van der Waals surface area (Å²) >= 11 is 0. The van der Waals surface area contributed by atoms with Gasteiger partial charge in [-0.1, -0.05) is 43.7 Å². The van der Waals surface area contributed by atoms with Crippen LogP contribution >= 0.6 is 0 Å². The number of pyridine rings is 1. The maximum atomic E-state index is 13.3. The van der Waals surface area contributed by atoms with Gasteiger partial charge in [-0.15, -0.1) is 0 Å². The van der Waals surface area contributed by atoms with Gasteiger partial charge in [0.15, 0.2) is 0 Å². The first-order valence-corrected chi connectivity index (χ1v) is 12.1. The number of rotatable bonds is 12. The molecular weight excluding hydrogens is 446 g/mol. The van der Waals surface area contributed by atoms with E-state index in [2.05, 4.69) is 15.6 Å². The molecule has 35 heavy (non-hydrogen) atoms. The summed E-state index contributed by atoms with van der Waals surface area (Å²) in [6, 6.07) is 11.4. The molecule has 1 aromatic heterocycles. The number of alkyl carbamates (subject to hydrolysis) is 1. The first-order valence-electron chi connectivity index (χ1n) is 12.1. The van der Waals surface area contributed by atoms with Crippen LogP contribution in [0.1, 0.15) is 58.1 Å². The first kappa shape index (κ1) is 27.8. The topological polar surface area (TPSA) is 107 Å². The highest BCUT2D eigenvalue weighted by Gasteiger charge is 2.29. The molecule has 0 saturated carbocycles. The Hall–Kier alpha value is -3.42. The van der Waals surface area contributed by atoms with Crippen LogP contribution < -0.4 is 10.6 Å². The van der Waals surface area contributed by atoms with Crippen molar-refractivity contribution in [3.63, 3.8) is 0 Å². The Morgan fingerprint density at radius 2 is 1.63 bits per heavy atom. The zero-order valence-electron chi connectivity index (χ0n) is 21.1. The summed E-state index contributed by atoms with van der Waals surface area (Å²) in [4.78, 5) is 42.6. The summed E-state index contributed by atoms with van der Waals surface area (Å²) < 4.78 is 10.7. The molecule has 0 radical (unpaired) electrons. The number of amides is 2. The number of unbranched alkanes of at least 4 members (excludes halogenated alkanes) is 1. The Morgan fingerprint density at radius 1 is 0.943 bits per heavy atom. The minimum absolute atomic E-state index is 0.247. The quantitative estimate of drug-likeness (QED) is 0.349. The van der Waals surface area contributed by atoms with Crippen molar-refractivity contribution in [2.45, 2.75) is 77.5 Å². The average Bonchev–Trinajstić information content (AvgIpc) is 2.81. The molecule has 190 valence electrons. The summed E-state index contributed by atoms with van der Waals surface area (Å²) in [5, 5.41) is 5.46. The zero-order chi connectivity index (χ0) is 25.7. The molecule has 1 aromatic carbocycles. The van der Waals surface area contributed by atoms with Gasteiger partial charge >= 0.3 is 12.1 Å². The Bertz CT molecular complexity index is 929. The van der Waals surface area contributed by atoms with Crippen LogP contribution in [0.5, 0.6) is 0 Å². The third-order valence-corrected chi connectivity index (χ3v) is 5.10. The fraction of sp³-hybridized carbons (Fsp3) is 0.481. The minimum atomic E-state index is -0.901. The smallest absolute Gasteiger partial charge is 0.408 e. The van der Waals surface area contributed by atoms with Crippen molar-refractivity contribution in [1.29, 1.82) is 0 Å². The van der Waals surface area contributed by atoms with Gasteiger partial charge in [-0.25, -0.2) is 9.59 Å². The minimum Gasteiger partial charge on any atom is -0.464 e. The summed E-state index contributed by atoms with van der Waals surface area (Å²) in [6.07, 6.45) is 5.33. The second kappa shape index (κ2) is 14.1. The van der Waals surface area contributed by atoms with Crippen molar-refractivity contribution in [2.24, 2.45) is 0 Å². The molecule has 1 heterocycles. The number of nitrogens with zero attached hydrogens (tertiary/aromatic N) is 1. The van der Waals surface area contributed by atoms with Crippen molar-refractivity contribution in [3.8, 4) is 0 Å². The summed E-state index contributed by atoms with van der Waals surface area (Å²) in [7, 11) is 0. The van der Waals surface area contributed by atoms with E-state index in [-0.39, 0.29) is 13.0 Å². The van der Waals surface area contributed by atoms with Crippen LogP contribution in [-0.4, -0.2) is 47.2 Å². The largest absolute Gasteiger partial charge is 0.464 e. The lowest BCUT2D eigenvalue weighted by atomic mass is 10.0. The van der Waals surface area contributed by atoms with Gasteiger partial charge in [0.05, 0.1) is 6.61 Å². The Kier molecular flexibility index (Phi) is 11.2. The average molecular weight is 484 g/mol. The van der Waals surface area contributed by atoms with Gasteiger partial charge in [0.1, 0.15) is 17.7 Å². The molecule has 0 bridgehead atoms. The van der Waals surface area contributed by atoms with Gasteiger partial charge in [0, 0.05) is 18.8 Å².